The zero-order chi connectivity index (χ0) is 11.3. The number of ether oxygens (including phenoxy) is 1. The molecule has 1 atom stereocenters. The molecule has 0 aliphatic carbocycles. The summed E-state index contributed by atoms with van der Waals surface area (Å²) < 4.78 is 4.84. The lowest BCUT2D eigenvalue weighted by Gasteiger charge is -2.14. The lowest BCUT2D eigenvalue weighted by atomic mass is 10.0. The molecule has 0 aliphatic heterocycles. The highest BCUT2D eigenvalue weighted by atomic mass is 16.5. The molecule has 0 unspecified atom stereocenters. The van der Waals surface area contributed by atoms with Crippen LogP contribution in [0.4, 0.5) is 0 Å². The van der Waals surface area contributed by atoms with E-state index >= 15 is 0 Å². The van der Waals surface area contributed by atoms with Gasteiger partial charge in [-0.05, 0) is 12.5 Å². The summed E-state index contributed by atoms with van der Waals surface area (Å²) in [6.07, 6.45) is 2.55. The quantitative estimate of drug-likeness (QED) is 0.587. The second kappa shape index (κ2) is 5.11. The minimum atomic E-state index is -0.493. The smallest absolute Gasteiger partial charge is 0.286 e. The maximum atomic E-state index is 9.58. The Hall–Kier alpha value is -1.89. The molecule has 0 spiro atoms. The molecular weight excluding hydrogens is 194 g/mol. The zero-order valence-electron chi connectivity index (χ0n) is 8.47. The van der Waals surface area contributed by atoms with Crippen molar-refractivity contribution in [3.8, 4) is 17.8 Å². The van der Waals surface area contributed by atoms with Crippen LogP contribution in [0.15, 0.2) is 18.2 Å². The Bertz CT molecular complexity index is 371. The Morgan fingerprint density at radius 3 is 2.80 bits per heavy atom. The van der Waals surface area contributed by atoms with E-state index in [1.54, 1.807) is 18.4 Å². The van der Waals surface area contributed by atoms with Crippen LogP contribution in [0, 0.1) is 11.5 Å². The monoisotopic (exact) mass is 207 g/mol. The minimum absolute atomic E-state index is 0.199. The van der Waals surface area contributed by atoms with Crippen molar-refractivity contribution in [3.05, 3.63) is 23.8 Å². The van der Waals surface area contributed by atoms with Gasteiger partial charge in [0.15, 0.2) is 11.5 Å². The molecule has 1 aromatic rings. The molecule has 80 valence electrons. The maximum Gasteiger partial charge on any atom is 0.286 e. The number of hydrogen-bond donors (Lipinski definition) is 2. The third-order valence-corrected chi connectivity index (χ3v) is 2.14. The zero-order valence-corrected chi connectivity index (χ0v) is 8.47. The van der Waals surface area contributed by atoms with E-state index in [1.165, 1.54) is 6.07 Å². The molecule has 0 fully saturated rings. The summed E-state index contributed by atoms with van der Waals surface area (Å²) in [5.41, 5.74) is 0.443. The number of rotatable bonds is 4. The highest BCUT2D eigenvalue weighted by Crippen LogP contribution is 2.35. The number of phenolic OH excluding ortho intramolecular Hbond substituents is 2. The minimum Gasteiger partial charge on any atom is -0.504 e. The second-order valence-corrected chi connectivity index (χ2v) is 3.20. The van der Waals surface area contributed by atoms with Gasteiger partial charge in [0.2, 0.25) is 0 Å². The van der Waals surface area contributed by atoms with Crippen LogP contribution in [0.25, 0.3) is 0 Å². The van der Waals surface area contributed by atoms with Crippen molar-refractivity contribution in [3.63, 3.8) is 0 Å². The standard InChI is InChI=1S/C11H13NO3/c1-2-4-10(15-7-12)8-5-3-6-9(13)11(8)14/h3,5-6,10,13-14H,2,4H2,1H3/t10-/m0/s1. The van der Waals surface area contributed by atoms with Gasteiger partial charge in [-0.25, -0.2) is 0 Å². The predicted octanol–water partition coefficient (Wildman–Crippen LogP) is 2.44. The van der Waals surface area contributed by atoms with Gasteiger partial charge in [-0.1, -0.05) is 25.5 Å². The van der Waals surface area contributed by atoms with Crippen LogP contribution in [-0.4, -0.2) is 10.2 Å². The van der Waals surface area contributed by atoms with Crippen molar-refractivity contribution in [2.45, 2.75) is 25.9 Å². The highest BCUT2D eigenvalue weighted by Gasteiger charge is 2.17. The van der Waals surface area contributed by atoms with E-state index in [9.17, 15) is 10.2 Å². The van der Waals surface area contributed by atoms with E-state index in [1.807, 2.05) is 6.92 Å². The Balaban J connectivity index is 3.00. The fourth-order valence-electron chi connectivity index (χ4n) is 1.41. The van der Waals surface area contributed by atoms with Crippen molar-refractivity contribution >= 4 is 0 Å². The van der Waals surface area contributed by atoms with Crippen LogP contribution in [-0.2, 0) is 4.74 Å². The summed E-state index contributed by atoms with van der Waals surface area (Å²) in [6, 6.07) is 4.62. The van der Waals surface area contributed by atoms with Crippen LogP contribution < -0.4 is 0 Å². The van der Waals surface area contributed by atoms with E-state index in [0.717, 1.165) is 6.42 Å². The molecule has 1 rings (SSSR count). The van der Waals surface area contributed by atoms with Gasteiger partial charge >= 0.3 is 0 Å². The first kappa shape index (κ1) is 11.2. The molecule has 0 radical (unpaired) electrons. The van der Waals surface area contributed by atoms with Crippen molar-refractivity contribution in [2.75, 3.05) is 0 Å². The van der Waals surface area contributed by atoms with Gasteiger partial charge in [-0.3, -0.25) is 0 Å². The van der Waals surface area contributed by atoms with Gasteiger partial charge in [0.05, 0.1) is 0 Å². The van der Waals surface area contributed by atoms with Gasteiger partial charge in [-0.2, -0.15) is 5.26 Å². The summed E-state index contributed by atoms with van der Waals surface area (Å²) in [5, 5.41) is 27.3. The number of aromatic hydroxyl groups is 2. The molecule has 0 saturated heterocycles. The molecule has 0 bridgehead atoms. The average Bonchev–Trinajstić information content (AvgIpc) is 2.22. The normalized spacial score (nSPS) is 11.7. The van der Waals surface area contributed by atoms with Crippen molar-refractivity contribution < 1.29 is 14.9 Å². The molecule has 0 amide bonds. The fourth-order valence-corrected chi connectivity index (χ4v) is 1.41. The SMILES string of the molecule is CCC[C@H](OC#N)c1cccc(O)c1O. The van der Waals surface area contributed by atoms with Crippen LogP contribution in [0.5, 0.6) is 11.5 Å². The van der Waals surface area contributed by atoms with Crippen LogP contribution in [0.3, 0.4) is 0 Å². The van der Waals surface area contributed by atoms with Gasteiger partial charge in [0, 0.05) is 5.56 Å². The second-order valence-electron chi connectivity index (χ2n) is 3.20. The summed E-state index contributed by atoms with van der Waals surface area (Å²) in [6.45, 7) is 1.95. The molecular formula is C11H13NO3. The van der Waals surface area contributed by atoms with E-state index in [4.69, 9.17) is 10.00 Å². The summed E-state index contributed by atoms with van der Waals surface area (Å²) in [5.74, 6) is -0.415. The third-order valence-electron chi connectivity index (χ3n) is 2.14. The average molecular weight is 207 g/mol. The van der Waals surface area contributed by atoms with E-state index in [-0.39, 0.29) is 11.5 Å². The Labute approximate surface area is 88.4 Å². The van der Waals surface area contributed by atoms with Crippen molar-refractivity contribution in [2.24, 2.45) is 0 Å². The number of nitriles is 1. The molecule has 0 heterocycles. The largest absolute Gasteiger partial charge is 0.504 e. The Morgan fingerprint density at radius 1 is 1.47 bits per heavy atom. The molecule has 2 N–H and O–H groups in total. The number of nitrogens with zero attached hydrogens (tertiary/aromatic N) is 1. The summed E-state index contributed by atoms with van der Waals surface area (Å²) in [4.78, 5) is 0. The van der Waals surface area contributed by atoms with Gasteiger partial charge in [0.25, 0.3) is 6.26 Å². The van der Waals surface area contributed by atoms with E-state index < -0.39 is 6.10 Å². The molecule has 4 heteroatoms. The number of phenols is 2. The lowest BCUT2D eigenvalue weighted by molar-refractivity contribution is 0.149. The van der Waals surface area contributed by atoms with E-state index in [0.29, 0.717) is 12.0 Å². The summed E-state index contributed by atoms with van der Waals surface area (Å²) >= 11 is 0. The third kappa shape index (κ3) is 2.53. The molecule has 15 heavy (non-hydrogen) atoms. The van der Waals surface area contributed by atoms with E-state index in [2.05, 4.69) is 0 Å². The fraction of sp³-hybridized carbons (Fsp3) is 0.364. The number of hydrogen-bond acceptors (Lipinski definition) is 4. The van der Waals surface area contributed by atoms with Gasteiger partial charge in [0.1, 0.15) is 6.10 Å². The lowest BCUT2D eigenvalue weighted by Crippen LogP contribution is -2.00. The molecule has 0 aliphatic rings. The maximum absolute atomic E-state index is 9.58. The number of benzene rings is 1. The van der Waals surface area contributed by atoms with Crippen LogP contribution in [0.1, 0.15) is 31.4 Å². The first-order valence-electron chi connectivity index (χ1n) is 4.76. The highest BCUT2D eigenvalue weighted by molar-refractivity contribution is 5.45. The molecule has 0 aromatic heterocycles. The Kier molecular flexibility index (Phi) is 3.81. The molecule has 0 saturated carbocycles. The van der Waals surface area contributed by atoms with Gasteiger partial charge in [-0.15, -0.1) is 0 Å². The van der Waals surface area contributed by atoms with Crippen molar-refractivity contribution in [1.82, 2.24) is 0 Å². The Morgan fingerprint density at radius 2 is 2.20 bits per heavy atom. The first-order valence-corrected chi connectivity index (χ1v) is 4.76. The van der Waals surface area contributed by atoms with Gasteiger partial charge < -0.3 is 14.9 Å². The number of para-hydroxylation sites is 1. The topological polar surface area (TPSA) is 73.5 Å². The first-order chi connectivity index (χ1) is 7.20. The molecule has 1 aromatic carbocycles. The predicted molar refractivity (Wildman–Crippen MR) is 54.1 cm³/mol. The molecule has 4 nitrogen and oxygen atoms in total. The van der Waals surface area contributed by atoms with Crippen molar-refractivity contribution in [1.29, 1.82) is 5.26 Å². The van der Waals surface area contributed by atoms with Crippen LogP contribution >= 0.6 is 0 Å². The summed E-state index contributed by atoms with van der Waals surface area (Å²) in [7, 11) is 0. The van der Waals surface area contributed by atoms with Crippen LogP contribution in [0.2, 0.25) is 0 Å².